The van der Waals surface area contributed by atoms with E-state index in [0.29, 0.717) is 10.0 Å². The largest absolute Gasteiger partial charge is 0.416 e. The van der Waals surface area contributed by atoms with Gasteiger partial charge in [0.05, 0.1) is 15.9 Å². The Labute approximate surface area is 128 Å². The van der Waals surface area contributed by atoms with Gasteiger partial charge in [-0.05, 0) is 37.3 Å². The number of alkyl halides is 3. The molecule has 2 rings (SSSR count). The maximum absolute atomic E-state index is 12.7. The summed E-state index contributed by atoms with van der Waals surface area (Å²) < 4.78 is 38.8. The number of nitrogens with one attached hydrogen (secondary N) is 1. The van der Waals surface area contributed by atoms with E-state index in [1.807, 2.05) is 13.0 Å². The van der Waals surface area contributed by atoms with Gasteiger partial charge in [-0.3, -0.25) is 0 Å². The van der Waals surface area contributed by atoms with E-state index >= 15 is 0 Å². The molecule has 0 saturated heterocycles. The molecular weight excluding hydrogens is 330 g/mol. The van der Waals surface area contributed by atoms with Crippen molar-refractivity contribution in [2.24, 2.45) is 0 Å². The number of halogens is 5. The van der Waals surface area contributed by atoms with E-state index in [4.69, 9.17) is 23.2 Å². The average molecular weight is 340 g/mol. The van der Waals surface area contributed by atoms with E-state index in [1.54, 1.807) is 6.07 Å². The first-order valence-corrected chi connectivity index (χ1v) is 7.22. The zero-order chi connectivity index (χ0) is 14.9. The quantitative estimate of drug-likeness (QED) is 0.697. The molecule has 7 heteroatoms. The lowest BCUT2D eigenvalue weighted by atomic mass is 10.1. The second-order valence-electron chi connectivity index (χ2n) is 4.23. The summed E-state index contributed by atoms with van der Waals surface area (Å²) in [4.78, 5) is 0.934. The number of hydrogen-bond acceptors (Lipinski definition) is 2. The van der Waals surface area contributed by atoms with Crippen LogP contribution in [-0.2, 0) is 6.18 Å². The highest BCUT2D eigenvalue weighted by atomic mass is 35.5. The van der Waals surface area contributed by atoms with Crippen LogP contribution in [0, 0.1) is 0 Å². The van der Waals surface area contributed by atoms with Gasteiger partial charge >= 0.3 is 6.18 Å². The Morgan fingerprint density at radius 3 is 2.40 bits per heavy atom. The molecule has 0 bridgehead atoms. The van der Waals surface area contributed by atoms with Crippen LogP contribution in [0.2, 0.25) is 9.36 Å². The van der Waals surface area contributed by atoms with Crippen molar-refractivity contribution >= 4 is 40.2 Å². The van der Waals surface area contributed by atoms with E-state index in [1.165, 1.54) is 17.4 Å². The first-order chi connectivity index (χ1) is 9.25. The molecule has 1 atom stereocenters. The molecule has 1 aromatic carbocycles. The lowest BCUT2D eigenvalue weighted by Gasteiger charge is -2.16. The molecule has 0 saturated carbocycles. The first-order valence-electron chi connectivity index (χ1n) is 5.65. The Kier molecular flexibility index (Phi) is 4.52. The van der Waals surface area contributed by atoms with Gasteiger partial charge in [-0.15, -0.1) is 11.3 Å². The summed E-state index contributed by atoms with van der Waals surface area (Å²) in [6.45, 7) is 1.84. The molecule has 1 nitrogen and oxygen atoms in total. The molecule has 1 unspecified atom stereocenters. The normalized spacial score (nSPS) is 13.3. The Balaban J connectivity index is 2.23. The van der Waals surface area contributed by atoms with Gasteiger partial charge in [0.25, 0.3) is 0 Å². The van der Waals surface area contributed by atoms with Gasteiger partial charge in [-0.1, -0.05) is 23.2 Å². The molecule has 0 aliphatic carbocycles. The molecule has 108 valence electrons. The van der Waals surface area contributed by atoms with Crippen molar-refractivity contribution in [1.29, 1.82) is 0 Å². The molecule has 0 aliphatic rings. The minimum absolute atomic E-state index is 0.0405. The molecule has 1 N–H and O–H groups in total. The Bertz CT molecular complexity index is 610. The first kappa shape index (κ1) is 15.5. The smallest absolute Gasteiger partial charge is 0.378 e. The summed E-state index contributed by atoms with van der Waals surface area (Å²) in [6, 6.07) is 6.82. The highest BCUT2D eigenvalue weighted by Gasteiger charge is 2.31. The second-order valence-corrected chi connectivity index (χ2v) is 6.42. The third-order valence-electron chi connectivity index (χ3n) is 2.63. The van der Waals surface area contributed by atoms with Gasteiger partial charge in [-0.2, -0.15) is 13.2 Å². The van der Waals surface area contributed by atoms with Gasteiger partial charge in [-0.25, -0.2) is 0 Å². The van der Waals surface area contributed by atoms with Crippen molar-refractivity contribution in [2.45, 2.75) is 19.1 Å². The molecule has 0 fully saturated rings. The van der Waals surface area contributed by atoms with Crippen LogP contribution in [0.1, 0.15) is 23.4 Å². The summed E-state index contributed by atoms with van der Waals surface area (Å²) in [5.74, 6) is 0. The third kappa shape index (κ3) is 3.81. The molecule has 0 spiro atoms. The molecule has 0 amide bonds. The lowest BCUT2D eigenvalue weighted by Crippen LogP contribution is -2.08. The molecule has 20 heavy (non-hydrogen) atoms. The number of rotatable bonds is 3. The van der Waals surface area contributed by atoms with Gasteiger partial charge in [0.1, 0.15) is 0 Å². The summed E-state index contributed by atoms with van der Waals surface area (Å²) in [7, 11) is 0. The van der Waals surface area contributed by atoms with Gasteiger partial charge in [0.15, 0.2) is 0 Å². The topological polar surface area (TPSA) is 12.0 Å². The van der Waals surface area contributed by atoms with Crippen molar-refractivity contribution in [3.05, 3.63) is 50.1 Å². The molecule has 0 radical (unpaired) electrons. The van der Waals surface area contributed by atoms with E-state index in [9.17, 15) is 13.2 Å². The summed E-state index contributed by atoms with van der Waals surface area (Å²) in [5, 5.41) is 3.03. The predicted molar refractivity (Wildman–Crippen MR) is 77.8 cm³/mol. The maximum atomic E-state index is 12.7. The number of hydrogen-bond donors (Lipinski definition) is 1. The number of thiophene rings is 1. The zero-order valence-electron chi connectivity index (χ0n) is 10.3. The average Bonchev–Trinajstić information content (AvgIpc) is 2.74. The van der Waals surface area contributed by atoms with Crippen molar-refractivity contribution in [3.63, 3.8) is 0 Å². The summed E-state index contributed by atoms with van der Waals surface area (Å²) >= 11 is 12.9. The van der Waals surface area contributed by atoms with Crippen molar-refractivity contribution < 1.29 is 13.2 Å². The van der Waals surface area contributed by atoms with Crippen LogP contribution in [0.5, 0.6) is 0 Å². The molecule has 2 aromatic rings. The number of benzene rings is 1. The van der Waals surface area contributed by atoms with Crippen LogP contribution in [0.4, 0.5) is 18.9 Å². The van der Waals surface area contributed by atoms with Crippen LogP contribution < -0.4 is 5.32 Å². The van der Waals surface area contributed by atoms with Crippen LogP contribution in [0.25, 0.3) is 0 Å². The molecule has 0 aliphatic heterocycles. The van der Waals surface area contributed by atoms with Gasteiger partial charge in [0, 0.05) is 15.6 Å². The van der Waals surface area contributed by atoms with Crippen LogP contribution in [-0.4, -0.2) is 0 Å². The van der Waals surface area contributed by atoms with E-state index < -0.39 is 11.7 Å². The standard InChI is InChI=1S/C13H10Cl2F3NS/c1-7(11-2-3-12(15)20-11)19-10-5-8(13(16,17)18)4-9(14)6-10/h2-7,19H,1H3. The molecule has 1 aromatic heterocycles. The predicted octanol–water partition coefficient (Wildman–Crippen LogP) is 6.25. The molecular formula is C13H10Cl2F3NS. The van der Waals surface area contributed by atoms with Crippen molar-refractivity contribution in [1.82, 2.24) is 0 Å². The Morgan fingerprint density at radius 2 is 1.85 bits per heavy atom. The van der Waals surface area contributed by atoms with Crippen LogP contribution in [0.3, 0.4) is 0 Å². The van der Waals surface area contributed by atoms with Crippen LogP contribution in [0.15, 0.2) is 30.3 Å². The van der Waals surface area contributed by atoms with Gasteiger partial charge < -0.3 is 5.32 Å². The fraction of sp³-hybridized carbons (Fsp3) is 0.231. The monoisotopic (exact) mass is 339 g/mol. The maximum Gasteiger partial charge on any atom is 0.416 e. The Morgan fingerprint density at radius 1 is 1.15 bits per heavy atom. The Hall–Kier alpha value is -0.910. The fourth-order valence-electron chi connectivity index (χ4n) is 1.72. The third-order valence-corrected chi connectivity index (χ3v) is 4.26. The fourth-order valence-corrected chi connectivity index (χ4v) is 3.02. The summed E-state index contributed by atoms with van der Waals surface area (Å²) in [6.07, 6.45) is -4.42. The van der Waals surface area contributed by atoms with Crippen molar-refractivity contribution in [2.75, 3.05) is 5.32 Å². The minimum atomic E-state index is -4.42. The zero-order valence-corrected chi connectivity index (χ0v) is 12.6. The molecule has 1 heterocycles. The van der Waals surface area contributed by atoms with Gasteiger partial charge in [0.2, 0.25) is 0 Å². The second kappa shape index (κ2) is 5.84. The minimum Gasteiger partial charge on any atom is -0.378 e. The summed E-state index contributed by atoms with van der Waals surface area (Å²) in [5.41, 5.74) is -0.453. The SMILES string of the molecule is CC(Nc1cc(Cl)cc(C(F)(F)F)c1)c1ccc(Cl)s1. The van der Waals surface area contributed by atoms with Crippen molar-refractivity contribution in [3.8, 4) is 0 Å². The highest BCUT2D eigenvalue weighted by molar-refractivity contribution is 7.16. The van der Waals surface area contributed by atoms with E-state index in [2.05, 4.69) is 5.32 Å². The highest BCUT2D eigenvalue weighted by Crippen LogP contribution is 2.35. The van der Waals surface area contributed by atoms with E-state index in [-0.39, 0.29) is 11.1 Å². The van der Waals surface area contributed by atoms with E-state index in [0.717, 1.165) is 17.0 Å². The number of anilines is 1. The lowest BCUT2D eigenvalue weighted by molar-refractivity contribution is -0.137. The van der Waals surface area contributed by atoms with Crippen LogP contribution >= 0.6 is 34.5 Å².